The smallest absolute Gasteiger partial charge is 0.0698 e. The average molecular weight is 337 g/mol. The molecule has 0 bridgehead atoms. The van der Waals surface area contributed by atoms with E-state index in [0.29, 0.717) is 17.3 Å². The molecule has 0 aromatic carbocycles. The molecule has 2 rings (SSSR count). The zero-order valence-corrected chi connectivity index (χ0v) is 16.0. The van der Waals surface area contributed by atoms with Crippen LogP contribution >= 0.6 is 0 Å². The average Bonchev–Trinajstić information content (AvgIpc) is 2.99. The van der Waals surface area contributed by atoms with Crippen molar-refractivity contribution in [3.63, 3.8) is 0 Å². The number of nitrogens with zero attached hydrogens (tertiary/aromatic N) is 2. The predicted molar refractivity (Wildman–Crippen MR) is 98.9 cm³/mol. The first kappa shape index (κ1) is 19.4. The number of ether oxygens (including phenoxy) is 1. The zero-order chi connectivity index (χ0) is 17.6. The van der Waals surface area contributed by atoms with E-state index >= 15 is 0 Å². The molecule has 1 aliphatic carbocycles. The summed E-state index contributed by atoms with van der Waals surface area (Å²) in [6, 6.07) is 0. The van der Waals surface area contributed by atoms with E-state index in [-0.39, 0.29) is 0 Å². The van der Waals surface area contributed by atoms with E-state index in [0.717, 1.165) is 39.3 Å². The van der Waals surface area contributed by atoms with Gasteiger partial charge in [-0.1, -0.05) is 13.8 Å². The fourth-order valence-electron chi connectivity index (χ4n) is 3.87. The second-order valence-electron chi connectivity index (χ2n) is 7.99. The minimum Gasteiger partial charge on any atom is -0.381 e. The van der Waals surface area contributed by atoms with Gasteiger partial charge in [0, 0.05) is 37.4 Å². The van der Waals surface area contributed by atoms with Gasteiger partial charge in [0.15, 0.2) is 0 Å². The molecular formula is C19H36N4O. The van der Waals surface area contributed by atoms with Gasteiger partial charge in [0.25, 0.3) is 0 Å². The van der Waals surface area contributed by atoms with Crippen molar-refractivity contribution in [1.82, 2.24) is 15.1 Å². The topological polar surface area (TPSA) is 67.2 Å². The molecule has 0 radical (unpaired) electrons. The van der Waals surface area contributed by atoms with Crippen molar-refractivity contribution in [1.29, 1.82) is 0 Å². The van der Waals surface area contributed by atoms with E-state index in [1.54, 1.807) is 0 Å². The maximum Gasteiger partial charge on any atom is 0.0698 e. The van der Waals surface area contributed by atoms with Crippen molar-refractivity contribution in [2.24, 2.45) is 17.1 Å². The third kappa shape index (κ3) is 5.04. The van der Waals surface area contributed by atoms with Crippen molar-refractivity contribution in [3.05, 3.63) is 17.5 Å². The Balaban J connectivity index is 2.02. The van der Waals surface area contributed by atoms with Crippen LogP contribution in [0.15, 0.2) is 6.20 Å². The molecule has 1 aliphatic rings. The Labute approximate surface area is 147 Å². The monoisotopic (exact) mass is 336 g/mol. The summed E-state index contributed by atoms with van der Waals surface area (Å²) in [6.07, 6.45) is 6.76. The van der Waals surface area contributed by atoms with Gasteiger partial charge in [0.1, 0.15) is 0 Å². The molecule has 0 spiro atoms. The van der Waals surface area contributed by atoms with Gasteiger partial charge in [0.05, 0.1) is 5.69 Å². The Morgan fingerprint density at radius 1 is 1.46 bits per heavy atom. The number of H-pyrrole nitrogens is 1. The molecule has 24 heavy (non-hydrogen) atoms. The Kier molecular flexibility index (Phi) is 7.26. The largest absolute Gasteiger partial charge is 0.381 e. The zero-order valence-electron chi connectivity index (χ0n) is 16.0. The first-order valence-electron chi connectivity index (χ1n) is 9.46. The molecule has 1 aromatic heterocycles. The van der Waals surface area contributed by atoms with Gasteiger partial charge in [-0.05, 0) is 64.1 Å². The number of hydrogen-bond donors (Lipinski definition) is 2. The van der Waals surface area contributed by atoms with Crippen LogP contribution in [0.1, 0.15) is 63.6 Å². The fourth-order valence-corrected chi connectivity index (χ4v) is 3.87. The van der Waals surface area contributed by atoms with Crippen LogP contribution in [-0.2, 0) is 11.3 Å². The Morgan fingerprint density at radius 2 is 2.25 bits per heavy atom. The van der Waals surface area contributed by atoms with Crippen molar-refractivity contribution in [2.75, 3.05) is 33.4 Å². The Morgan fingerprint density at radius 3 is 2.96 bits per heavy atom. The van der Waals surface area contributed by atoms with Crippen molar-refractivity contribution in [2.45, 2.75) is 58.9 Å². The first-order valence-corrected chi connectivity index (χ1v) is 9.46. The Hall–Kier alpha value is -0.910. The summed E-state index contributed by atoms with van der Waals surface area (Å²) in [6.45, 7) is 11.3. The van der Waals surface area contributed by atoms with E-state index in [1.807, 2.05) is 0 Å². The maximum absolute atomic E-state index is 5.77. The normalized spacial score (nSPS) is 23.8. The second-order valence-corrected chi connectivity index (χ2v) is 7.99. The van der Waals surface area contributed by atoms with Gasteiger partial charge < -0.3 is 15.4 Å². The van der Waals surface area contributed by atoms with E-state index in [4.69, 9.17) is 10.5 Å². The number of nitrogens with two attached hydrogens (primary N) is 1. The van der Waals surface area contributed by atoms with Gasteiger partial charge >= 0.3 is 0 Å². The molecule has 1 heterocycles. The van der Waals surface area contributed by atoms with Gasteiger partial charge in [-0.3, -0.25) is 5.10 Å². The number of rotatable bonds is 9. The molecule has 138 valence electrons. The molecule has 0 saturated heterocycles. The van der Waals surface area contributed by atoms with E-state index in [2.05, 4.69) is 49.1 Å². The van der Waals surface area contributed by atoms with Crippen LogP contribution in [0.4, 0.5) is 0 Å². The summed E-state index contributed by atoms with van der Waals surface area (Å²) in [5.74, 6) is 1.16. The predicted octanol–water partition coefficient (Wildman–Crippen LogP) is 3.14. The molecule has 0 amide bonds. The highest BCUT2D eigenvalue weighted by atomic mass is 16.5. The highest BCUT2D eigenvalue weighted by molar-refractivity contribution is 5.21. The minimum absolute atomic E-state index is 0.361. The lowest BCUT2D eigenvalue weighted by atomic mass is 9.65. The van der Waals surface area contributed by atoms with Crippen LogP contribution in [-0.4, -0.2) is 48.4 Å². The summed E-state index contributed by atoms with van der Waals surface area (Å²) in [7, 11) is 2.16. The van der Waals surface area contributed by atoms with Gasteiger partial charge in [0.2, 0.25) is 0 Å². The van der Waals surface area contributed by atoms with Gasteiger partial charge in [-0.2, -0.15) is 5.10 Å². The van der Waals surface area contributed by atoms with Crippen molar-refractivity contribution in [3.8, 4) is 0 Å². The third-order valence-corrected chi connectivity index (χ3v) is 5.66. The van der Waals surface area contributed by atoms with Crippen LogP contribution in [0.2, 0.25) is 0 Å². The van der Waals surface area contributed by atoms with Crippen LogP contribution in [0.25, 0.3) is 0 Å². The van der Waals surface area contributed by atoms with Crippen LogP contribution < -0.4 is 5.73 Å². The van der Waals surface area contributed by atoms with E-state index in [9.17, 15) is 0 Å². The quantitative estimate of drug-likeness (QED) is 0.727. The van der Waals surface area contributed by atoms with Gasteiger partial charge in [-0.25, -0.2) is 0 Å². The van der Waals surface area contributed by atoms with E-state index in [1.165, 1.54) is 30.5 Å². The molecule has 3 N–H and O–H groups in total. The molecule has 2 atom stereocenters. The third-order valence-electron chi connectivity index (χ3n) is 5.66. The van der Waals surface area contributed by atoms with Crippen LogP contribution in [0.5, 0.6) is 0 Å². The fraction of sp³-hybridized carbons (Fsp3) is 0.842. The number of nitrogens with one attached hydrogen (secondary N) is 1. The minimum atomic E-state index is 0.361. The summed E-state index contributed by atoms with van der Waals surface area (Å²) < 4.78 is 5.77. The lowest BCUT2D eigenvalue weighted by Crippen LogP contribution is -2.34. The molecular weight excluding hydrogens is 300 g/mol. The summed E-state index contributed by atoms with van der Waals surface area (Å²) in [4.78, 5) is 2.34. The number of aromatic amines is 1. The molecule has 0 aliphatic heterocycles. The Bertz CT molecular complexity index is 485. The standard InChI is InChI=1S/C19H36N4O/c1-5-24-14-17-11-15(7-8-19(17,2)3)18-16(12-21-22-18)13-23(4)10-6-9-20/h12,15,17H,5-11,13-14,20H2,1-4H3,(H,21,22)/t15?,17-/m0/s1. The molecule has 5 nitrogen and oxygen atoms in total. The summed E-state index contributed by atoms with van der Waals surface area (Å²) >= 11 is 0. The molecule has 1 saturated carbocycles. The molecule has 1 fully saturated rings. The first-order chi connectivity index (χ1) is 11.5. The van der Waals surface area contributed by atoms with Crippen molar-refractivity contribution >= 4 is 0 Å². The van der Waals surface area contributed by atoms with E-state index < -0.39 is 0 Å². The summed E-state index contributed by atoms with van der Waals surface area (Å²) in [5.41, 5.74) is 8.59. The van der Waals surface area contributed by atoms with Crippen LogP contribution in [0.3, 0.4) is 0 Å². The number of aromatic nitrogens is 2. The SMILES string of the molecule is CCOC[C@@H]1CC(c2n[nH]cc2CN(C)CCCN)CCC1(C)C. The number of hydrogen-bond acceptors (Lipinski definition) is 4. The maximum atomic E-state index is 5.77. The highest BCUT2D eigenvalue weighted by Crippen LogP contribution is 2.46. The lowest BCUT2D eigenvalue weighted by Gasteiger charge is -2.42. The van der Waals surface area contributed by atoms with Gasteiger partial charge in [-0.15, -0.1) is 0 Å². The van der Waals surface area contributed by atoms with Crippen LogP contribution in [0, 0.1) is 11.3 Å². The lowest BCUT2D eigenvalue weighted by molar-refractivity contribution is 0.0223. The molecule has 1 unspecified atom stereocenters. The van der Waals surface area contributed by atoms with Crippen molar-refractivity contribution < 1.29 is 4.74 Å². The second kappa shape index (κ2) is 8.97. The molecule has 5 heteroatoms. The highest BCUT2D eigenvalue weighted by Gasteiger charge is 2.38. The summed E-state index contributed by atoms with van der Waals surface area (Å²) in [5, 5.41) is 7.72. The molecule has 1 aromatic rings.